The summed E-state index contributed by atoms with van der Waals surface area (Å²) >= 11 is 1.09. The van der Waals surface area contributed by atoms with E-state index in [1.165, 1.54) is 5.38 Å². The van der Waals surface area contributed by atoms with E-state index in [9.17, 15) is 13.2 Å². The van der Waals surface area contributed by atoms with Gasteiger partial charge in [0.1, 0.15) is 0 Å². The molecule has 0 bridgehead atoms. The Hall–Kier alpha value is -0.590. The van der Waals surface area contributed by atoms with Gasteiger partial charge in [0.25, 0.3) is 0 Å². The second-order valence-corrected chi connectivity index (χ2v) is 5.01. The van der Waals surface area contributed by atoms with E-state index in [1.54, 1.807) is 12.5 Å². The van der Waals surface area contributed by atoms with Crippen molar-refractivity contribution < 1.29 is 17.9 Å². The molecule has 0 radical (unpaired) electrons. The molecule has 1 aromatic heterocycles. The standard InChI is InChI=1S/C12H18F3NOS/c1-8(9(2)16-4-5-17-3)10-6-18-7-11(10)12(13,14)15/h6-9,16H,4-5H2,1-3H3. The summed E-state index contributed by atoms with van der Waals surface area (Å²) < 4.78 is 43.2. The number of thiophene rings is 1. The second kappa shape index (κ2) is 6.54. The minimum absolute atomic E-state index is 0.0316. The second-order valence-electron chi connectivity index (χ2n) is 4.26. The molecular formula is C12H18F3NOS. The number of ether oxygens (including phenoxy) is 1. The van der Waals surface area contributed by atoms with Crippen LogP contribution < -0.4 is 5.32 Å². The van der Waals surface area contributed by atoms with Gasteiger partial charge in [-0.25, -0.2) is 0 Å². The molecule has 0 aliphatic rings. The SMILES string of the molecule is COCCNC(C)C(C)c1cscc1C(F)(F)F. The Morgan fingerprint density at radius 2 is 2.00 bits per heavy atom. The van der Waals surface area contributed by atoms with E-state index in [2.05, 4.69) is 5.32 Å². The van der Waals surface area contributed by atoms with Gasteiger partial charge in [-0.3, -0.25) is 0 Å². The van der Waals surface area contributed by atoms with Gasteiger partial charge in [0, 0.05) is 25.1 Å². The fourth-order valence-corrected chi connectivity index (χ4v) is 2.69. The van der Waals surface area contributed by atoms with Gasteiger partial charge in [0.05, 0.1) is 12.2 Å². The van der Waals surface area contributed by atoms with Crippen LogP contribution in [0, 0.1) is 0 Å². The van der Waals surface area contributed by atoms with Crippen molar-refractivity contribution in [3.8, 4) is 0 Å². The van der Waals surface area contributed by atoms with Gasteiger partial charge in [-0.05, 0) is 23.8 Å². The number of methoxy groups -OCH3 is 1. The molecule has 18 heavy (non-hydrogen) atoms. The third-order valence-corrected chi connectivity index (χ3v) is 3.77. The Morgan fingerprint density at radius 3 is 2.56 bits per heavy atom. The molecule has 0 amide bonds. The maximum Gasteiger partial charge on any atom is 0.417 e. The first-order chi connectivity index (χ1) is 8.38. The minimum atomic E-state index is -4.27. The zero-order chi connectivity index (χ0) is 13.8. The average Bonchev–Trinajstić information content (AvgIpc) is 2.76. The van der Waals surface area contributed by atoms with Gasteiger partial charge < -0.3 is 10.1 Å². The molecule has 0 aromatic carbocycles. The normalized spacial score (nSPS) is 15.7. The van der Waals surface area contributed by atoms with Gasteiger partial charge in [0.15, 0.2) is 0 Å². The number of hydrogen-bond acceptors (Lipinski definition) is 3. The molecule has 2 atom stereocenters. The number of alkyl halides is 3. The number of rotatable bonds is 6. The van der Waals surface area contributed by atoms with Crippen LogP contribution in [0.1, 0.15) is 30.9 Å². The van der Waals surface area contributed by atoms with Crippen molar-refractivity contribution in [2.75, 3.05) is 20.3 Å². The van der Waals surface area contributed by atoms with Crippen molar-refractivity contribution in [3.05, 3.63) is 21.9 Å². The van der Waals surface area contributed by atoms with Crippen molar-refractivity contribution in [1.29, 1.82) is 0 Å². The zero-order valence-corrected chi connectivity index (χ0v) is 11.5. The van der Waals surface area contributed by atoms with Crippen LogP contribution in [0.15, 0.2) is 10.8 Å². The number of halogens is 3. The van der Waals surface area contributed by atoms with Crippen LogP contribution in [0.2, 0.25) is 0 Å². The lowest BCUT2D eigenvalue weighted by Crippen LogP contribution is -2.33. The fraction of sp³-hybridized carbons (Fsp3) is 0.667. The quantitative estimate of drug-likeness (QED) is 0.806. The minimum Gasteiger partial charge on any atom is -0.383 e. The predicted molar refractivity (Wildman–Crippen MR) is 67.1 cm³/mol. The van der Waals surface area contributed by atoms with Crippen LogP contribution in [0.5, 0.6) is 0 Å². The molecule has 6 heteroatoms. The van der Waals surface area contributed by atoms with Gasteiger partial charge in [0.2, 0.25) is 0 Å². The summed E-state index contributed by atoms with van der Waals surface area (Å²) in [6.07, 6.45) is -4.27. The largest absolute Gasteiger partial charge is 0.417 e. The van der Waals surface area contributed by atoms with Crippen molar-refractivity contribution >= 4 is 11.3 Å². The molecular weight excluding hydrogens is 263 g/mol. The predicted octanol–water partition coefficient (Wildman–Crippen LogP) is 3.49. The highest BCUT2D eigenvalue weighted by atomic mass is 32.1. The molecule has 0 fully saturated rings. The highest BCUT2D eigenvalue weighted by Crippen LogP contribution is 2.38. The topological polar surface area (TPSA) is 21.3 Å². The maximum absolute atomic E-state index is 12.8. The summed E-state index contributed by atoms with van der Waals surface area (Å²) in [5, 5.41) is 5.92. The molecule has 0 aliphatic heterocycles. The third-order valence-electron chi connectivity index (χ3n) is 3.01. The van der Waals surface area contributed by atoms with Crippen LogP contribution in [-0.2, 0) is 10.9 Å². The van der Waals surface area contributed by atoms with E-state index in [0.29, 0.717) is 18.7 Å². The monoisotopic (exact) mass is 281 g/mol. The van der Waals surface area contributed by atoms with Gasteiger partial charge >= 0.3 is 6.18 Å². The van der Waals surface area contributed by atoms with Crippen LogP contribution in [0.4, 0.5) is 13.2 Å². The van der Waals surface area contributed by atoms with Crippen molar-refractivity contribution in [2.45, 2.75) is 32.0 Å². The van der Waals surface area contributed by atoms with Crippen LogP contribution in [0.3, 0.4) is 0 Å². The first-order valence-corrected chi connectivity index (χ1v) is 6.67. The molecule has 1 heterocycles. The van der Waals surface area contributed by atoms with Crippen molar-refractivity contribution in [3.63, 3.8) is 0 Å². The van der Waals surface area contributed by atoms with E-state index in [0.717, 1.165) is 11.3 Å². The zero-order valence-electron chi connectivity index (χ0n) is 10.7. The highest BCUT2D eigenvalue weighted by Gasteiger charge is 2.36. The van der Waals surface area contributed by atoms with E-state index in [1.807, 2.05) is 13.8 Å². The molecule has 0 saturated heterocycles. The van der Waals surface area contributed by atoms with Gasteiger partial charge in [-0.1, -0.05) is 6.92 Å². The summed E-state index contributed by atoms with van der Waals surface area (Å²) in [6.45, 7) is 4.88. The Morgan fingerprint density at radius 1 is 1.33 bits per heavy atom. The average molecular weight is 281 g/mol. The number of hydrogen-bond donors (Lipinski definition) is 1. The van der Waals surface area contributed by atoms with Crippen LogP contribution >= 0.6 is 11.3 Å². The molecule has 2 unspecified atom stereocenters. The van der Waals surface area contributed by atoms with E-state index in [-0.39, 0.29) is 12.0 Å². The van der Waals surface area contributed by atoms with E-state index >= 15 is 0 Å². The molecule has 0 aliphatic carbocycles. The third kappa shape index (κ3) is 3.96. The molecule has 104 valence electrons. The van der Waals surface area contributed by atoms with E-state index < -0.39 is 11.7 Å². The Kier molecular flexibility index (Phi) is 5.62. The first kappa shape index (κ1) is 15.5. The molecule has 1 rings (SSSR count). The smallest absolute Gasteiger partial charge is 0.383 e. The van der Waals surface area contributed by atoms with Crippen molar-refractivity contribution in [1.82, 2.24) is 5.32 Å². The molecule has 0 spiro atoms. The van der Waals surface area contributed by atoms with Crippen molar-refractivity contribution in [2.24, 2.45) is 0 Å². The lowest BCUT2D eigenvalue weighted by molar-refractivity contribution is -0.138. The Bertz CT molecular complexity index is 364. The van der Waals surface area contributed by atoms with Gasteiger partial charge in [-0.15, -0.1) is 0 Å². The summed E-state index contributed by atoms with van der Waals surface area (Å²) in [5.74, 6) is -0.190. The Balaban J connectivity index is 2.72. The summed E-state index contributed by atoms with van der Waals surface area (Å²) in [5.41, 5.74) is -0.148. The summed E-state index contributed by atoms with van der Waals surface area (Å²) in [7, 11) is 1.59. The highest BCUT2D eigenvalue weighted by molar-refractivity contribution is 7.08. The molecule has 0 saturated carbocycles. The maximum atomic E-state index is 12.8. The lowest BCUT2D eigenvalue weighted by Gasteiger charge is -2.22. The van der Waals surface area contributed by atoms with Gasteiger partial charge in [-0.2, -0.15) is 24.5 Å². The summed E-state index contributed by atoms with van der Waals surface area (Å²) in [6, 6.07) is -0.0316. The molecule has 2 nitrogen and oxygen atoms in total. The lowest BCUT2D eigenvalue weighted by atomic mass is 9.93. The summed E-state index contributed by atoms with van der Waals surface area (Å²) in [4.78, 5) is 0. The number of nitrogens with one attached hydrogen (secondary N) is 1. The van der Waals surface area contributed by atoms with E-state index in [4.69, 9.17) is 4.74 Å². The first-order valence-electron chi connectivity index (χ1n) is 5.73. The van der Waals surface area contributed by atoms with Crippen LogP contribution in [-0.4, -0.2) is 26.3 Å². The Labute approximate surface area is 109 Å². The fourth-order valence-electron chi connectivity index (χ4n) is 1.72. The molecule has 1 aromatic rings. The van der Waals surface area contributed by atoms with Crippen LogP contribution in [0.25, 0.3) is 0 Å². The molecule has 1 N–H and O–H groups in total.